The van der Waals surface area contributed by atoms with Crippen molar-refractivity contribution in [2.75, 3.05) is 37.6 Å². The van der Waals surface area contributed by atoms with Gasteiger partial charge in [0.25, 0.3) is 0 Å². The molecule has 0 amide bonds. The molecule has 0 aromatic heterocycles. The van der Waals surface area contributed by atoms with E-state index in [-0.39, 0.29) is 94.5 Å². The average Bonchev–Trinajstić information content (AvgIpc) is 2.71. The van der Waals surface area contributed by atoms with Crippen molar-refractivity contribution in [2.45, 2.75) is 22.6 Å². The van der Waals surface area contributed by atoms with Crippen molar-refractivity contribution >= 4 is 52.0 Å². The van der Waals surface area contributed by atoms with Gasteiger partial charge in [-0.05, 0) is 48.2 Å². The van der Waals surface area contributed by atoms with Gasteiger partial charge in [0, 0.05) is 28.2 Å². The first-order chi connectivity index (χ1) is 16.2. The second-order valence-corrected chi connectivity index (χ2v) is 14.3. The van der Waals surface area contributed by atoms with E-state index in [1.807, 2.05) is 0 Å². The molecule has 14 nitrogen and oxygen atoms in total. The van der Waals surface area contributed by atoms with Crippen LogP contribution in [0.1, 0.15) is 11.1 Å². The summed E-state index contributed by atoms with van der Waals surface area (Å²) >= 11 is 0. The van der Waals surface area contributed by atoms with Gasteiger partial charge < -0.3 is 9.11 Å². The minimum atomic E-state index is -5.07. The van der Waals surface area contributed by atoms with Gasteiger partial charge in [0.05, 0.1) is 21.2 Å². The van der Waals surface area contributed by atoms with E-state index in [2.05, 4.69) is 9.44 Å². The summed E-state index contributed by atoms with van der Waals surface area (Å²) in [7, 11) is -13.2. The Morgan fingerprint density at radius 2 is 0.895 bits per heavy atom. The van der Waals surface area contributed by atoms with E-state index >= 15 is 0 Å². The number of aryl methyl sites for hydroxylation is 2. The van der Waals surface area contributed by atoms with Crippen LogP contribution in [-0.2, 0) is 53.5 Å². The maximum Gasteiger partial charge on any atom is 1.00 e. The summed E-state index contributed by atoms with van der Waals surface area (Å²) in [4.78, 5) is -1.47. The van der Waals surface area contributed by atoms with Gasteiger partial charge in [-0.15, -0.1) is 0 Å². The van der Waals surface area contributed by atoms with Crippen LogP contribution < -0.4 is 68.6 Å². The van der Waals surface area contributed by atoms with E-state index in [1.54, 1.807) is 0 Å². The number of hydrogen-bond donors (Lipinski definition) is 2. The van der Waals surface area contributed by atoms with Crippen LogP contribution in [0.4, 0.5) is 11.4 Å². The zero-order chi connectivity index (χ0) is 27.7. The van der Waals surface area contributed by atoms with E-state index < -0.39 is 50.4 Å². The molecule has 0 radical (unpaired) electrons. The Kier molecular flexibility index (Phi) is 13.9. The Labute approximate surface area is 267 Å². The molecular formula is C18H24N4Na2O10S4. The molecule has 0 aliphatic rings. The predicted molar refractivity (Wildman–Crippen MR) is 129 cm³/mol. The van der Waals surface area contributed by atoms with Gasteiger partial charge in [0.1, 0.15) is 20.2 Å². The zero-order valence-corrected chi connectivity index (χ0v) is 28.8. The first kappa shape index (κ1) is 37.7. The van der Waals surface area contributed by atoms with Crippen LogP contribution in [0.5, 0.6) is 0 Å². The van der Waals surface area contributed by atoms with Gasteiger partial charge >= 0.3 is 79.5 Å². The molecule has 2 aromatic rings. The topological polar surface area (TPSA) is 213 Å². The van der Waals surface area contributed by atoms with Crippen molar-refractivity contribution < 1.29 is 102 Å². The number of nitrogens with zero attached hydrogens (tertiary/aromatic N) is 2. The van der Waals surface area contributed by atoms with Gasteiger partial charge in [0.15, 0.2) is 0 Å². The molecule has 2 rings (SSSR count). The predicted octanol–water partition coefficient (Wildman–Crippen LogP) is -6.28. The summed E-state index contributed by atoms with van der Waals surface area (Å²) in [5.41, 5.74) is -0.488. The summed E-state index contributed by atoms with van der Waals surface area (Å²) < 4.78 is 125. The Hall–Kier alpha value is -0.320. The Morgan fingerprint density at radius 1 is 0.605 bits per heavy atom. The normalized spacial score (nSPS) is 12.5. The third kappa shape index (κ3) is 10.3. The van der Waals surface area contributed by atoms with Crippen molar-refractivity contribution in [3.63, 3.8) is 0 Å². The standard InChI is InChI=1S/C18H26N4O10S4.2Na/c1-21(2)35(29,30)19-15-9-7-13(17(11-15)33(23,24)25)5-6-14-8-10-16(12-18(14)34(26,27)28)20-36(31,32)22(3)4;;/h7-12,19-20H,5-6H2,1-4H3,(H,23,24,25)(H,26,27,28);;/q;2*+1/p-2. The smallest absolute Gasteiger partial charge is 0.744 e. The Morgan fingerprint density at radius 3 is 1.13 bits per heavy atom. The summed E-state index contributed by atoms with van der Waals surface area (Å²) in [5, 5.41) is 0. The van der Waals surface area contributed by atoms with Crippen molar-refractivity contribution in [3.8, 4) is 0 Å². The third-order valence-corrected chi connectivity index (χ3v) is 9.54. The molecule has 2 N–H and O–H groups in total. The van der Waals surface area contributed by atoms with Crippen LogP contribution in [0.25, 0.3) is 0 Å². The van der Waals surface area contributed by atoms with Crippen LogP contribution in [0.3, 0.4) is 0 Å². The molecule has 0 bridgehead atoms. The second-order valence-electron chi connectivity index (χ2n) is 7.83. The molecule has 38 heavy (non-hydrogen) atoms. The monoisotopic (exact) mass is 630 g/mol. The summed E-state index contributed by atoms with van der Waals surface area (Å²) in [5.74, 6) is 0. The number of hydrogen-bond acceptors (Lipinski definition) is 10. The van der Waals surface area contributed by atoms with Gasteiger partial charge in [0.2, 0.25) is 0 Å². The van der Waals surface area contributed by atoms with Crippen LogP contribution in [-0.4, -0.2) is 79.6 Å². The Balaban J connectivity index is 0.00000684. The molecule has 0 saturated carbocycles. The van der Waals surface area contributed by atoms with Gasteiger partial charge in [-0.1, -0.05) is 12.1 Å². The quantitative estimate of drug-likeness (QED) is 0.177. The maximum atomic E-state index is 12.0. The van der Waals surface area contributed by atoms with Crippen molar-refractivity contribution in [1.29, 1.82) is 0 Å². The minimum absolute atomic E-state index is 0. The fourth-order valence-electron chi connectivity index (χ4n) is 2.86. The number of rotatable bonds is 11. The molecule has 202 valence electrons. The number of anilines is 2. The van der Waals surface area contributed by atoms with E-state index in [9.17, 15) is 42.8 Å². The molecule has 0 unspecified atom stereocenters. The van der Waals surface area contributed by atoms with Gasteiger partial charge in [-0.3, -0.25) is 9.44 Å². The van der Waals surface area contributed by atoms with E-state index in [4.69, 9.17) is 0 Å². The first-order valence-corrected chi connectivity index (χ1v) is 15.5. The van der Waals surface area contributed by atoms with Gasteiger partial charge in [-0.2, -0.15) is 25.4 Å². The van der Waals surface area contributed by atoms with Crippen molar-refractivity contribution in [3.05, 3.63) is 47.5 Å². The van der Waals surface area contributed by atoms with Crippen LogP contribution in [0, 0.1) is 0 Å². The van der Waals surface area contributed by atoms with Crippen molar-refractivity contribution in [2.24, 2.45) is 0 Å². The van der Waals surface area contributed by atoms with Crippen LogP contribution in [0.15, 0.2) is 46.2 Å². The average molecular weight is 631 g/mol. The molecule has 0 atom stereocenters. The van der Waals surface area contributed by atoms with E-state index in [0.717, 1.165) is 20.7 Å². The fraction of sp³-hybridized carbons (Fsp3) is 0.333. The molecule has 0 aliphatic carbocycles. The van der Waals surface area contributed by atoms with Crippen LogP contribution >= 0.6 is 0 Å². The summed E-state index contributed by atoms with van der Waals surface area (Å²) in [6.45, 7) is 0. The maximum absolute atomic E-state index is 12.0. The zero-order valence-electron chi connectivity index (χ0n) is 21.5. The molecule has 0 saturated heterocycles. The first-order valence-electron chi connectivity index (χ1n) is 9.82. The molecule has 0 fully saturated rings. The summed E-state index contributed by atoms with van der Waals surface area (Å²) in [6, 6.07) is 6.48. The van der Waals surface area contributed by atoms with Crippen LogP contribution in [0.2, 0.25) is 0 Å². The molecule has 20 heteroatoms. The molecule has 2 aromatic carbocycles. The fourth-order valence-corrected chi connectivity index (χ4v) is 5.60. The SMILES string of the molecule is CN(C)S(=O)(=O)Nc1ccc(CCc2ccc(NS(=O)(=O)N(C)C)cc2S(=O)(=O)[O-])c(S(=O)(=O)[O-])c1.[Na+].[Na+]. The second kappa shape index (κ2) is 14.0. The third-order valence-electron chi connectivity index (χ3n) is 4.79. The number of benzene rings is 2. The Bertz CT molecular complexity index is 1460. The number of nitrogens with one attached hydrogen (secondary N) is 2. The molecule has 0 heterocycles. The minimum Gasteiger partial charge on any atom is -0.744 e. The van der Waals surface area contributed by atoms with E-state index in [0.29, 0.717) is 0 Å². The summed E-state index contributed by atoms with van der Waals surface area (Å²) in [6.07, 6.45) is -0.439. The van der Waals surface area contributed by atoms with E-state index in [1.165, 1.54) is 52.5 Å². The largest absolute Gasteiger partial charge is 1.00 e. The van der Waals surface area contributed by atoms with Crippen molar-refractivity contribution in [1.82, 2.24) is 8.61 Å². The molecule has 0 aliphatic heterocycles. The molecular weight excluding hydrogens is 606 g/mol. The molecule has 0 spiro atoms. The van der Waals surface area contributed by atoms with Gasteiger partial charge in [-0.25, -0.2) is 16.8 Å².